The number of nitro groups is 1. The Morgan fingerprint density at radius 3 is 2.74 bits per heavy atom. The average molecular weight is 280 g/mol. The molecule has 0 amide bonds. The van der Waals surface area contributed by atoms with Gasteiger partial charge in [0, 0.05) is 24.0 Å². The zero-order valence-electron chi connectivity index (χ0n) is 10.4. The lowest BCUT2D eigenvalue weighted by Gasteiger charge is -2.05. The van der Waals surface area contributed by atoms with Gasteiger partial charge in [0.1, 0.15) is 0 Å². The highest BCUT2D eigenvalue weighted by molar-refractivity contribution is 7.10. The summed E-state index contributed by atoms with van der Waals surface area (Å²) in [4.78, 5) is 11.0. The molecule has 2 rings (SSSR count). The average Bonchev–Trinajstić information content (AvgIpc) is 2.75. The van der Waals surface area contributed by atoms with E-state index >= 15 is 0 Å². The number of hydrogen-bond donors (Lipinski definition) is 1. The summed E-state index contributed by atoms with van der Waals surface area (Å²) in [7, 11) is 0. The molecule has 0 aliphatic heterocycles. The number of hydrogen-bond acceptors (Lipinski definition) is 4. The molecule has 0 saturated carbocycles. The van der Waals surface area contributed by atoms with Gasteiger partial charge in [-0.2, -0.15) is 4.39 Å². The molecule has 100 valence electrons. The fourth-order valence-corrected chi connectivity index (χ4v) is 2.59. The van der Waals surface area contributed by atoms with Crippen LogP contribution in [0.4, 0.5) is 10.1 Å². The Bertz CT molecular complexity index is 598. The minimum absolute atomic E-state index is 0.478. The zero-order chi connectivity index (χ0) is 13.8. The van der Waals surface area contributed by atoms with Crippen molar-refractivity contribution in [2.75, 3.05) is 0 Å². The van der Waals surface area contributed by atoms with Crippen molar-refractivity contribution in [3.63, 3.8) is 0 Å². The van der Waals surface area contributed by atoms with E-state index in [-0.39, 0.29) is 0 Å². The molecule has 1 N–H and O–H groups in total. The van der Waals surface area contributed by atoms with E-state index in [0.29, 0.717) is 18.7 Å². The summed E-state index contributed by atoms with van der Waals surface area (Å²) in [6.07, 6.45) is 0. The van der Waals surface area contributed by atoms with Crippen LogP contribution in [0.5, 0.6) is 0 Å². The molecule has 0 aliphatic carbocycles. The van der Waals surface area contributed by atoms with E-state index in [0.717, 1.165) is 0 Å². The van der Waals surface area contributed by atoms with Gasteiger partial charge >= 0.3 is 5.69 Å². The highest BCUT2D eigenvalue weighted by Gasteiger charge is 2.13. The molecule has 0 aliphatic rings. The van der Waals surface area contributed by atoms with Crippen LogP contribution in [0.2, 0.25) is 0 Å². The monoisotopic (exact) mass is 280 g/mol. The number of thiophene rings is 1. The van der Waals surface area contributed by atoms with Crippen LogP contribution < -0.4 is 5.32 Å². The summed E-state index contributed by atoms with van der Waals surface area (Å²) in [6, 6.07) is 6.01. The van der Waals surface area contributed by atoms with Crippen LogP contribution in [0.3, 0.4) is 0 Å². The fraction of sp³-hybridized carbons (Fsp3) is 0.231. The van der Waals surface area contributed by atoms with Gasteiger partial charge in [-0.25, -0.2) is 0 Å². The van der Waals surface area contributed by atoms with Crippen molar-refractivity contribution in [1.82, 2.24) is 5.32 Å². The fourth-order valence-electron chi connectivity index (χ4n) is 1.71. The lowest BCUT2D eigenvalue weighted by atomic mass is 10.2. The molecule has 0 atom stereocenters. The molecule has 0 fully saturated rings. The number of nitro benzene ring substituents is 1. The van der Waals surface area contributed by atoms with Crippen molar-refractivity contribution < 1.29 is 9.31 Å². The van der Waals surface area contributed by atoms with Crippen molar-refractivity contribution in [3.8, 4) is 0 Å². The van der Waals surface area contributed by atoms with E-state index in [9.17, 15) is 14.5 Å². The van der Waals surface area contributed by atoms with E-state index in [1.807, 2.05) is 18.4 Å². The molecule has 1 heterocycles. The molecule has 1 aromatic carbocycles. The van der Waals surface area contributed by atoms with Gasteiger partial charge in [0.05, 0.1) is 4.92 Å². The van der Waals surface area contributed by atoms with Crippen molar-refractivity contribution >= 4 is 17.0 Å². The molecule has 0 unspecified atom stereocenters. The highest BCUT2D eigenvalue weighted by atomic mass is 32.1. The Hall–Kier alpha value is -1.79. The van der Waals surface area contributed by atoms with Gasteiger partial charge < -0.3 is 5.32 Å². The quantitative estimate of drug-likeness (QED) is 0.674. The summed E-state index contributed by atoms with van der Waals surface area (Å²) in [5, 5.41) is 15.7. The number of aryl methyl sites for hydroxylation is 1. The van der Waals surface area contributed by atoms with Crippen LogP contribution in [0.15, 0.2) is 29.6 Å². The Morgan fingerprint density at radius 1 is 1.37 bits per heavy atom. The van der Waals surface area contributed by atoms with Crippen molar-refractivity contribution in [3.05, 3.63) is 61.6 Å². The molecule has 0 radical (unpaired) electrons. The number of nitrogens with one attached hydrogen (secondary N) is 1. The van der Waals surface area contributed by atoms with Crippen LogP contribution in [-0.4, -0.2) is 4.92 Å². The van der Waals surface area contributed by atoms with Gasteiger partial charge in [-0.1, -0.05) is 6.07 Å². The first-order valence-corrected chi connectivity index (χ1v) is 6.62. The third kappa shape index (κ3) is 3.36. The van der Waals surface area contributed by atoms with Crippen LogP contribution in [0.25, 0.3) is 0 Å². The minimum Gasteiger partial charge on any atom is -0.308 e. The van der Waals surface area contributed by atoms with E-state index < -0.39 is 16.4 Å². The topological polar surface area (TPSA) is 55.2 Å². The van der Waals surface area contributed by atoms with Gasteiger partial charge in [-0.05, 0) is 35.6 Å². The smallest absolute Gasteiger partial charge is 0.304 e. The SMILES string of the molecule is Cc1ccsc1CNCc1ccc([N+](=O)[O-])c(F)c1. The van der Waals surface area contributed by atoms with Gasteiger partial charge in [0.2, 0.25) is 5.82 Å². The van der Waals surface area contributed by atoms with E-state index in [4.69, 9.17) is 0 Å². The number of halogens is 1. The van der Waals surface area contributed by atoms with Crippen LogP contribution in [0, 0.1) is 22.9 Å². The van der Waals surface area contributed by atoms with E-state index in [1.54, 1.807) is 17.4 Å². The molecule has 0 bridgehead atoms. The third-order valence-corrected chi connectivity index (χ3v) is 3.81. The van der Waals surface area contributed by atoms with Gasteiger partial charge in [-0.15, -0.1) is 11.3 Å². The first-order valence-electron chi connectivity index (χ1n) is 5.74. The van der Waals surface area contributed by atoms with Crippen molar-refractivity contribution in [2.24, 2.45) is 0 Å². The molecule has 0 saturated heterocycles. The number of benzene rings is 1. The Kier molecular flexibility index (Phi) is 4.24. The first kappa shape index (κ1) is 13.6. The Labute approximate surface area is 114 Å². The second-order valence-electron chi connectivity index (χ2n) is 4.17. The highest BCUT2D eigenvalue weighted by Crippen LogP contribution is 2.18. The van der Waals surface area contributed by atoms with Crippen LogP contribution >= 0.6 is 11.3 Å². The molecular formula is C13H13FN2O2S. The summed E-state index contributed by atoms with van der Waals surface area (Å²) in [5.41, 5.74) is 1.43. The van der Waals surface area contributed by atoms with Gasteiger partial charge in [0.25, 0.3) is 0 Å². The Morgan fingerprint density at radius 2 is 2.16 bits per heavy atom. The summed E-state index contributed by atoms with van der Waals surface area (Å²) < 4.78 is 13.4. The third-order valence-electron chi connectivity index (χ3n) is 2.79. The number of nitrogens with zero attached hydrogens (tertiary/aromatic N) is 1. The summed E-state index contributed by atoms with van der Waals surface area (Å²) in [6.45, 7) is 3.23. The maximum atomic E-state index is 13.4. The first-order chi connectivity index (χ1) is 9.08. The standard InChI is InChI=1S/C13H13FN2O2S/c1-9-4-5-19-13(9)8-15-7-10-2-3-12(16(17)18)11(14)6-10/h2-6,15H,7-8H2,1H3. The van der Waals surface area contributed by atoms with Crippen molar-refractivity contribution in [2.45, 2.75) is 20.0 Å². The molecule has 19 heavy (non-hydrogen) atoms. The van der Waals surface area contributed by atoms with Crippen molar-refractivity contribution in [1.29, 1.82) is 0 Å². The second kappa shape index (κ2) is 5.90. The molecule has 4 nitrogen and oxygen atoms in total. The van der Waals surface area contributed by atoms with Gasteiger partial charge in [-0.3, -0.25) is 10.1 Å². The van der Waals surface area contributed by atoms with Crippen LogP contribution in [0.1, 0.15) is 16.0 Å². The molecule has 0 spiro atoms. The maximum Gasteiger partial charge on any atom is 0.304 e. The van der Waals surface area contributed by atoms with Gasteiger partial charge in [0.15, 0.2) is 0 Å². The predicted octanol–water partition coefficient (Wildman–Crippen LogP) is 3.39. The zero-order valence-corrected chi connectivity index (χ0v) is 11.2. The number of rotatable bonds is 5. The lowest BCUT2D eigenvalue weighted by Crippen LogP contribution is -2.12. The van der Waals surface area contributed by atoms with Crippen LogP contribution in [-0.2, 0) is 13.1 Å². The van der Waals surface area contributed by atoms with E-state index in [1.165, 1.54) is 22.6 Å². The maximum absolute atomic E-state index is 13.4. The predicted molar refractivity (Wildman–Crippen MR) is 72.7 cm³/mol. The second-order valence-corrected chi connectivity index (χ2v) is 5.17. The normalized spacial score (nSPS) is 10.6. The summed E-state index contributed by atoms with van der Waals surface area (Å²) in [5.74, 6) is -0.795. The Balaban J connectivity index is 1.95. The molecule has 6 heteroatoms. The largest absolute Gasteiger partial charge is 0.308 e. The molecular weight excluding hydrogens is 267 g/mol. The van der Waals surface area contributed by atoms with E-state index in [2.05, 4.69) is 5.32 Å². The molecule has 1 aromatic heterocycles. The summed E-state index contributed by atoms with van der Waals surface area (Å²) >= 11 is 1.67. The molecule has 2 aromatic rings. The minimum atomic E-state index is -0.795. The lowest BCUT2D eigenvalue weighted by molar-refractivity contribution is -0.387.